The van der Waals surface area contributed by atoms with Gasteiger partial charge in [0.1, 0.15) is 6.61 Å². The van der Waals surface area contributed by atoms with E-state index in [2.05, 4.69) is 9.47 Å². The molecule has 1 radical (unpaired) electrons. The van der Waals surface area contributed by atoms with Crippen LogP contribution in [0.25, 0.3) is 0 Å². The van der Waals surface area contributed by atoms with Gasteiger partial charge in [0.25, 0.3) is 0 Å². The Morgan fingerprint density at radius 2 is 1.46 bits per heavy atom. The van der Waals surface area contributed by atoms with Crippen LogP contribution >= 0.6 is 0 Å². The molecule has 5 nitrogen and oxygen atoms in total. The fourth-order valence-corrected chi connectivity index (χ4v) is 0.718. The lowest BCUT2D eigenvalue weighted by Gasteiger charge is -2.10. The van der Waals surface area contributed by atoms with E-state index in [0.717, 1.165) is 0 Å². The van der Waals surface area contributed by atoms with Crippen molar-refractivity contribution in [2.75, 3.05) is 19.8 Å². The lowest BCUT2D eigenvalue weighted by atomic mass is 10.2. The van der Waals surface area contributed by atoms with E-state index in [1.54, 1.807) is 13.8 Å². The van der Waals surface area contributed by atoms with Crippen LogP contribution in [0, 0.1) is 5.92 Å². The largest absolute Gasteiger partial charge is 0.465 e. The molecule has 0 bridgehead atoms. The van der Waals surface area contributed by atoms with E-state index in [4.69, 9.17) is 0 Å². The summed E-state index contributed by atoms with van der Waals surface area (Å²) in [5.41, 5.74) is 0. The quantitative estimate of drug-likeness (QED) is 0.456. The molecule has 0 spiro atoms. The van der Waals surface area contributed by atoms with Gasteiger partial charge < -0.3 is 9.47 Å². The predicted octanol–water partition coefficient (Wildman–Crippen LogP) is 0.159. The fourth-order valence-electron chi connectivity index (χ4n) is 0.718. The van der Waals surface area contributed by atoms with Crippen molar-refractivity contribution in [3.8, 4) is 0 Å². The SMILES string of the molecule is CCOC(=O)C(C[O])C(=O)OCC. The van der Waals surface area contributed by atoms with Crippen LogP contribution < -0.4 is 0 Å². The molecule has 5 heteroatoms. The van der Waals surface area contributed by atoms with Gasteiger partial charge in [-0.1, -0.05) is 0 Å². The smallest absolute Gasteiger partial charge is 0.322 e. The first-order valence-corrected chi connectivity index (χ1v) is 4.08. The standard InChI is InChI=1S/C8H13O5/c1-3-12-7(10)6(5-9)8(11)13-4-2/h6H,3-5H2,1-2H3. The molecular formula is C8H13O5. The zero-order chi connectivity index (χ0) is 10.3. The molecule has 0 aromatic rings. The highest BCUT2D eigenvalue weighted by Crippen LogP contribution is 2.02. The highest BCUT2D eigenvalue weighted by Gasteiger charge is 2.29. The molecule has 0 saturated heterocycles. The summed E-state index contributed by atoms with van der Waals surface area (Å²) in [6.45, 7) is 2.66. The van der Waals surface area contributed by atoms with Crippen LogP contribution in [-0.4, -0.2) is 31.8 Å². The molecule has 0 aromatic heterocycles. The van der Waals surface area contributed by atoms with Gasteiger partial charge in [-0.05, 0) is 13.8 Å². The maximum absolute atomic E-state index is 11.0. The molecular weight excluding hydrogens is 176 g/mol. The van der Waals surface area contributed by atoms with E-state index in [9.17, 15) is 14.7 Å². The van der Waals surface area contributed by atoms with Gasteiger partial charge >= 0.3 is 11.9 Å². The predicted molar refractivity (Wildman–Crippen MR) is 42.3 cm³/mol. The molecule has 13 heavy (non-hydrogen) atoms. The van der Waals surface area contributed by atoms with Crippen molar-refractivity contribution in [1.82, 2.24) is 0 Å². The van der Waals surface area contributed by atoms with Gasteiger partial charge in [-0.25, -0.2) is 5.11 Å². The third-order valence-corrected chi connectivity index (χ3v) is 1.31. The third kappa shape index (κ3) is 3.89. The zero-order valence-corrected chi connectivity index (χ0v) is 7.74. The second-order valence-electron chi connectivity index (χ2n) is 2.22. The Morgan fingerprint density at radius 1 is 1.08 bits per heavy atom. The third-order valence-electron chi connectivity index (χ3n) is 1.31. The van der Waals surface area contributed by atoms with Gasteiger partial charge in [0, 0.05) is 0 Å². The van der Waals surface area contributed by atoms with E-state index < -0.39 is 24.5 Å². The first kappa shape index (κ1) is 11.9. The minimum Gasteiger partial charge on any atom is -0.465 e. The summed E-state index contributed by atoms with van der Waals surface area (Å²) in [5, 5.41) is 10.5. The van der Waals surface area contributed by atoms with Gasteiger partial charge in [0.15, 0.2) is 5.92 Å². The second kappa shape index (κ2) is 6.42. The molecule has 0 aromatic carbocycles. The number of ether oxygens (including phenoxy) is 2. The first-order chi connectivity index (χ1) is 6.17. The molecule has 0 amide bonds. The Labute approximate surface area is 76.6 Å². The van der Waals surface area contributed by atoms with E-state index in [1.165, 1.54) is 0 Å². The number of hydrogen-bond donors (Lipinski definition) is 0. The monoisotopic (exact) mass is 189 g/mol. The Bertz CT molecular complexity index is 159. The van der Waals surface area contributed by atoms with Crippen molar-refractivity contribution in [3.05, 3.63) is 0 Å². The van der Waals surface area contributed by atoms with Crippen LogP contribution in [0.15, 0.2) is 0 Å². The number of carbonyl (C=O) groups is 2. The molecule has 0 fully saturated rings. The summed E-state index contributed by atoms with van der Waals surface area (Å²) in [5.74, 6) is -2.94. The van der Waals surface area contributed by atoms with Crippen LogP contribution in [-0.2, 0) is 24.2 Å². The Hall–Kier alpha value is -1.10. The van der Waals surface area contributed by atoms with Gasteiger partial charge in [0.05, 0.1) is 13.2 Å². The molecule has 0 N–H and O–H groups in total. The van der Waals surface area contributed by atoms with E-state index in [0.29, 0.717) is 0 Å². The van der Waals surface area contributed by atoms with E-state index in [1.807, 2.05) is 0 Å². The normalized spacial score (nSPS) is 9.85. The fraction of sp³-hybridized carbons (Fsp3) is 0.750. The van der Waals surface area contributed by atoms with Gasteiger partial charge in [-0.15, -0.1) is 0 Å². The summed E-state index contributed by atoms with van der Waals surface area (Å²) in [6.07, 6.45) is 0. The lowest BCUT2D eigenvalue weighted by Crippen LogP contribution is -2.30. The van der Waals surface area contributed by atoms with Crippen molar-refractivity contribution in [3.63, 3.8) is 0 Å². The molecule has 0 aliphatic carbocycles. The average Bonchev–Trinajstić information content (AvgIpc) is 2.06. The molecule has 0 aliphatic rings. The Kier molecular flexibility index (Phi) is 5.88. The number of rotatable bonds is 5. The average molecular weight is 189 g/mol. The van der Waals surface area contributed by atoms with Gasteiger partial charge in [-0.2, -0.15) is 0 Å². The minimum absolute atomic E-state index is 0.148. The first-order valence-electron chi connectivity index (χ1n) is 4.08. The molecule has 0 heterocycles. The van der Waals surface area contributed by atoms with Crippen molar-refractivity contribution in [1.29, 1.82) is 0 Å². The summed E-state index contributed by atoms with van der Waals surface area (Å²) in [7, 11) is 0. The lowest BCUT2D eigenvalue weighted by molar-refractivity contribution is -0.164. The zero-order valence-electron chi connectivity index (χ0n) is 7.74. The van der Waals surface area contributed by atoms with Crippen LogP contribution in [0.3, 0.4) is 0 Å². The topological polar surface area (TPSA) is 72.5 Å². The number of carbonyl (C=O) groups excluding carboxylic acids is 2. The molecule has 75 valence electrons. The molecule has 0 unspecified atom stereocenters. The van der Waals surface area contributed by atoms with Crippen molar-refractivity contribution in [2.24, 2.45) is 5.92 Å². The van der Waals surface area contributed by atoms with E-state index in [-0.39, 0.29) is 13.2 Å². The van der Waals surface area contributed by atoms with Gasteiger partial charge in [0.2, 0.25) is 0 Å². The highest BCUT2D eigenvalue weighted by atomic mass is 16.6. The Balaban J connectivity index is 4.15. The van der Waals surface area contributed by atoms with E-state index >= 15 is 0 Å². The summed E-state index contributed by atoms with van der Waals surface area (Å²) < 4.78 is 9.05. The Morgan fingerprint density at radius 3 is 1.69 bits per heavy atom. The van der Waals surface area contributed by atoms with Crippen LogP contribution in [0.5, 0.6) is 0 Å². The summed E-state index contributed by atoms with van der Waals surface area (Å²) >= 11 is 0. The molecule has 0 aliphatic heterocycles. The maximum Gasteiger partial charge on any atom is 0.322 e. The second-order valence-corrected chi connectivity index (χ2v) is 2.22. The molecule has 0 atom stereocenters. The molecule has 0 rings (SSSR count). The van der Waals surface area contributed by atoms with Crippen LogP contribution in [0.1, 0.15) is 13.8 Å². The number of hydrogen-bond acceptors (Lipinski definition) is 4. The van der Waals surface area contributed by atoms with Crippen LogP contribution in [0.4, 0.5) is 0 Å². The summed E-state index contributed by atoms with van der Waals surface area (Å²) in [4.78, 5) is 21.9. The number of esters is 2. The summed E-state index contributed by atoms with van der Waals surface area (Å²) in [6, 6.07) is 0. The van der Waals surface area contributed by atoms with Crippen molar-refractivity contribution in [2.45, 2.75) is 13.8 Å². The highest BCUT2D eigenvalue weighted by molar-refractivity contribution is 5.95. The minimum atomic E-state index is -1.32. The maximum atomic E-state index is 11.0. The van der Waals surface area contributed by atoms with Crippen LogP contribution in [0.2, 0.25) is 0 Å². The molecule has 0 saturated carbocycles. The van der Waals surface area contributed by atoms with Crippen molar-refractivity contribution >= 4 is 11.9 Å². The van der Waals surface area contributed by atoms with Crippen molar-refractivity contribution < 1.29 is 24.2 Å². The van der Waals surface area contributed by atoms with Gasteiger partial charge in [-0.3, -0.25) is 9.59 Å².